The molecule has 0 aliphatic rings. The Morgan fingerprint density at radius 3 is 2.64 bits per heavy atom. The van der Waals surface area contributed by atoms with Crippen LogP contribution in [0.15, 0.2) is 41.6 Å². The molecule has 0 aliphatic heterocycles. The molecule has 10 heteroatoms. The van der Waals surface area contributed by atoms with Gasteiger partial charge in [0.15, 0.2) is 0 Å². The summed E-state index contributed by atoms with van der Waals surface area (Å²) in [5.41, 5.74) is 0. The number of rotatable bonds is 9. The van der Waals surface area contributed by atoms with Gasteiger partial charge in [0.1, 0.15) is 23.0 Å². The van der Waals surface area contributed by atoms with Crippen LogP contribution in [0.5, 0.6) is 5.75 Å². The lowest BCUT2D eigenvalue weighted by Crippen LogP contribution is -2.30. The lowest BCUT2D eigenvalue weighted by atomic mass is 10.3. The van der Waals surface area contributed by atoms with Crippen molar-refractivity contribution < 1.29 is 27.1 Å². The van der Waals surface area contributed by atoms with Gasteiger partial charge in [-0.05, 0) is 24.3 Å². The molecular formula is C15H18FN3O5S. The normalized spacial score (nSPS) is 11.3. The molecule has 0 aliphatic carbocycles. The SMILES string of the molecule is Cn1cc(S(=O)(=O)NCC(=O)OCCCOc2ccc(F)cc2)cn1. The smallest absolute Gasteiger partial charge is 0.321 e. The number of nitrogens with zero attached hydrogens (tertiary/aromatic N) is 2. The van der Waals surface area contributed by atoms with Crippen molar-refractivity contribution in [2.75, 3.05) is 19.8 Å². The maximum absolute atomic E-state index is 12.7. The van der Waals surface area contributed by atoms with Crippen molar-refractivity contribution in [3.05, 3.63) is 42.5 Å². The Bertz CT molecular complexity index is 805. The number of halogens is 1. The minimum Gasteiger partial charge on any atom is -0.493 e. The number of esters is 1. The highest BCUT2D eigenvalue weighted by Gasteiger charge is 2.17. The first-order valence-corrected chi connectivity index (χ1v) is 8.87. The third kappa shape index (κ3) is 6.16. The fourth-order valence-electron chi connectivity index (χ4n) is 1.79. The van der Waals surface area contributed by atoms with E-state index in [0.717, 1.165) is 0 Å². The fraction of sp³-hybridized carbons (Fsp3) is 0.333. The second-order valence-corrected chi connectivity index (χ2v) is 6.82. The van der Waals surface area contributed by atoms with Crippen LogP contribution in [0, 0.1) is 5.82 Å². The second kappa shape index (κ2) is 8.58. The van der Waals surface area contributed by atoms with Gasteiger partial charge in [-0.1, -0.05) is 0 Å². The fourth-order valence-corrected chi connectivity index (χ4v) is 2.74. The Morgan fingerprint density at radius 1 is 1.28 bits per heavy atom. The van der Waals surface area contributed by atoms with Crippen LogP contribution in [-0.2, 0) is 26.6 Å². The van der Waals surface area contributed by atoms with Gasteiger partial charge in [0, 0.05) is 19.7 Å². The average molecular weight is 371 g/mol. The molecular weight excluding hydrogens is 353 g/mol. The molecule has 0 spiro atoms. The number of nitrogens with one attached hydrogen (secondary N) is 1. The zero-order valence-corrected chi connectivity index (χ0v) is 14.3. The molecule has 1 heterocycles. The molecule has 136 valence electrons. The molecule has 0 radical (unpaired) electrons. The number of benzene rings is 1. The predicted molar refractivity (Wildman–Crippen MR) is 85.9 cm³/mol. The van der Waals surface area contributed by atoms with E-state index < -0.39 is 22.5 Å². The number of hydrogen-bond acceptors (Lipinski definition) is 6. The number of aryl methyl sites for hydroxylation is 1. The van der Waals surface area contributed by atoms with E-state index in [1.54, 1.807) is 7.05 Å². The van der Waals surface area contributed by atoms with E-state index in [0.29, 0.717) is 12.2 Å². The van der Waals surface area contributed by atoms with Gasteiger partial charge in [-0.15, -0.1) is 0 Å². The summed E-state index contributed by atoms with van der Waals surface area (Å²) in [6, 6.07) is 5.55. The Labute approximate surface area is 144 Å². The highest BCUT2D eigenvalue weighted by molar-refractivity contribution is 7.89. The zero-order chi connectivity index (χ0) is 18.3. The van der Waals surface area contributed by atoms with Crippen LogP contribution in [-0.4, -0.2) is 43.9 Å². The Hall–Kier alpha value is -2.46. The van der Waals surface area contributed by atoms with E-state index in [9.17, 15) is 17.6 Å². The number of sulfonamides is 1. The summed E-state index contributed by atoms with van der Waals surface area (Å²) >= 11 is 0. The molecule has 0 fully saturated rings. The van der Waals surface area contributed by atoms with E-state index in [1.807, 2.05) is 0 Å². The van der Waals surface area contributed by atoms with Crippen molar-refractivity contribution in [2.24, 2.45) is 7.05 Å². The number of carbonyl (C=O) groups excluding carboxylic acids is 1. The summed E-state index contributed by atoms with van der Waals surface area (Å²) in [7, 11) is -2.21. The van der Waals surface area contributed by atoms with E-state index >= 15 is 0 Å². The summed E-state index contributed by atoms with van der Waals surface area (Å²) in [5, 5.41) is 3.76. The maximum Gasteiger partial charge on any atom is 0.321 e. The summed E-state index contributed by atoms with van der Waals surface area (Å²) in [5.74, 6) is -0.541. The lowest BCUT2D eigenvalue weighted by Gasteiger charge is -2.08. The van der Waals surface area contributed by atoms with Crippen molar-refractivity contribution in [3.63, 3.8) is 0 Å². The lowest BCUT2D eigenvalue weighted by molar-refractivity contribution is -0.142. The molecule has 8 nitrogen and oxygen atoms in total. The first-order valence-electron chi connectivity index (χ1n) is 7.39. The van der Waals surface area contributed by atoms with Crippen LogP contribution in [0.1, 0.15) is 6.42 Å². The summed E-state index contributed by atoms with van der Waals surface area (Å²) in [6.45, 7) is -0.120. The van der Waals surface area contributed by atoms with Crippen molar-refractivity contribution in [1.29, 1.82) is 0 Å². The first kappa shape index (κ1) is 18.9. The van der Waals surface area contributed by atoms with Crippen LogP contribution in [0.3, 0.4) is 0 Å². The van der Waals surface area contributed by atoms with E-state index in [1.165, 1.54) is 41.3 Å². The van der Waals surface area contributed by atoms with E-state index in [4.69, 9.17) is 9.47 Å². The predicted octanol–water partition coefficient (Wildman–Crippen LogP) is 0.850. The minimum absolute atomic E-state index is 0.0319. The van der Waals surface area contributed by atoms with Crippen LogP contribution < -0.4 is 9.46 Å². The Kier molecular flexibility index (Phi) is 6.48. The number of ether oxygens (including phenoxy) is 2. The van der Waals surface area contributed by atoms with Crippen LogP contribution in [0.4, 0.5) is 4.39 Å². The minimum atomic E-state index is -3.80. The van der Waals surface area contributed by atoms with Crippen LogP contribution in [0.25, 0.3) is 0 Å². The largest absolute Gasteiger partial charge is 0.493 e. The van der Waals surface area contributed by atoms with Gasteiger partial charge in [-0.2, -0.15) is 9.82 Å². The molecule has 0 bridgehead atoms. The van der Waals surface area contributed by atoms with Gasteiger partial charge >= 0.3 is 5.97 Å². The maximum atomic E-state index is 12.7. The summed E-state index contributed by atoms with van der Waals surface area (Å²) in [4.78, 5) is 11.5. The van der Waals surface area contributed by atoms with Crippen LogP contribution in [0.2, 0.25) is 0 Å². The van der Waals surface area contributed by atoms with Gasteiger partial charge in [-0.25, -0.2) is 12.8 Å². The quantitative estimate of drug-likeness (QED) is 0.518. The summed E-state index contributed by atoms with van der Waals surface area (Å²) < 4.78 is 50.2. The molecule has 0 unspecified atom stereocenters. The van der Waals surface area contributed by atoms with E-state index in [2.05, 4.69) is 9.82 Å². The number of aromatic nitrogens is 2. The third-order valence-electron chi connectivity index (χ3n) is 3.03. The second-order valence-electron chi connectivity index (χ2n) is 5.05. The molecule has 1 aromatic heterocycles. The monoisotopic (exact) mass is 371 g/mol. The molecule has 0 atom stereocenters. The Balaban J connectivity index is 1.63. The van der Waals surface area contributed by atoms with Gasteiger partial charge in [0.2, 0.25) is 10.0 Å². The number of carbonyl (C=O) groups is 1. The van der Waals surface area contributed by atoms with Crippen molar-refractivity contribution in [1.82, 2.24) is 14.5 Å². The molecule has 1 aromatic carbocycles. The third-order valence-corrected chi connectivity index (χ3v) is 4.39. The van der Waals surface area contributed by atoms with Crippen molar-refractivity contribution in [2.45, 2.75) is 11.3 Å². The van der Waals surface area contributed by atoms with Crippen molar-refractivity contribution in [3.8, 4) is 5.75 Å². The highest BCUT2D eigenvalue weighted by Crippen LogP contribution is 2.11. The molecule has 0 saturated heterocycles. The molecule has 1 N–H and O–H groups in total. The zero-order valence-electron chi connectivity index (χ0n) is 13.5. The van der Waals surface area contributed by atoms with Gasteiger partial charge in [-0.3, -0.25) is 9.48 Å². The molecule has 2 rings (SSSR count). The van der Waals surface area contributed by atoms with Gasteiger partial charge in [0.05, 0.1) is 19.4 Å². The van der Waals surface area contributed by atoms with Gasteiger partial charge in [0.25, 0.3) is 0 Å². The first-order chi connectivity index (χ1) is 11.9. The standard InChI is InChI=1S/C15H18FN3O5S/c1-19-11-14(9-17-19)25(21,22)18-10-15(20)24-8-2-7-23-13-5-3-12(16)4-6-13/h3-6,9,11,18H,2,7-8,10H2,1H3. The average Bonchev–Trinajstić information content (AvgIpc) is 3.02. The molecule has 0 saturated carbocycles. The van der Waals surface area contributed by atoms with Crippen molar-refractivity contribution >= 4 is 16.0 Å². The number of hydrogen-bond donors (Lipinski definition) is 1. The molecule has 2 aromatic rings. The summed E-state index contributed by atoms with van der Waals surface area (Å²) in [6.07, 6.45) is 2.92. The Morgan fingerprint density at radius 2 is 2.00 bits per heavy atom. The topological polar surface area (TPSA) is 99.5 Å². The van der Waals surface area contributed by atoms with Crippen LogP contribution >= 0.6 is 0 Å². The molecule has 0 amide bonds. The highest BCUT2D eigenvalue weighted by atomic mass is 32.2. The molecule has 25 heavy (non-hydrogen) atoms. The van der Waals surface area contributed by atoms with Gasteiger partial charge < -0.3 is 9.47 Å². The van der Waals surface area contributed by atoms with E-state index in [-0.39, 0.29) is 23.9 Å².